The predicted molar refractivity (Wildman–Crippen MR) is 93.7 cm³/mol. The van der Waals surface area contributed by atoms with E-state index in [1.54, 1.807) is 0 Å². The fourth-order valence-electron chi connectivity index (χ4n) is 2.74. The van der Waals surface area contributed by atoms with Gasteiger partial charge in [0.2, 0.25) is 0 Å². The van der Waals surface area contributed by atoms with Crippen LogP contribution in [0.3, 0.4) is 0 Å². The summed E-state index contributed by atoms with van der Waals surface area (Å²) >= 11 is 5.92. The first-order valence-corrected chi connectivity index (χ1v) is 8.63. The number of likely N-dealkylation sites (tertiary alicyclic amines) is 1. The topological polar surface area (TPSA) is 41.6 Å². The SMILES string of the molecule is CC(C)(C)OC(=O)NCC1CCN(Cc2ccc(Cl)cc2)CC1. The Kier molecular flexibility index (Phi) is 6.31. The summed E-state index contributed by atoms with van der Waals surface area (Å²) in [5.74, 6) is 0.531. The second-order valence-corrected chi connectivity index (χ2v) is 7.67. The molecule has 1 aromatic carbocycles. The third-order valence-electron chi connectivity index (χ3n) is 3.96. The molecule has 1 aliphatic heterocycles. The van der Waals surface area contributed by atoms with Crippen LogP contribution in [0.2, 0.25) is 5.02 Å². The molecule has 0 saturated carbocycles. The van der Waals surface area contributed by atoms with Crippen LogP contribution in [0.1, 0.15) is 39.2 Å². The Bertz CT molecular complexity index is 503. The van der Waals surface area contributed by atoms with Gasteiger partial charge in [-0.2, -0.15) is 0 Å². The molecule has 4 nitrogen and oxygen atoms in total. The first-order chi connectivity index (χ1) is 10.8. The molecule has 23 heavy (non-hydrogen) atoms. The van der Waals surface area contributed by atoms with Crippen LogP contribution in [0, 0.1) is 5.92 Å². The van der Waals surface area contributed by atoms with Crippen molar-refractivity contribution in [3.05, 3.63) is 34.9 Å². The summed E-state index contributed by atoms with van der Waals surface area (Å²) in [6, 6.07) is 8.04. The number of carbonyl (C=O) groups is 1. The molecule has 1 N–H and O–H groups in total. The van der Waals surface area contributed by atoms with Crippen LogP contribution in [0.5, 0.6) is 0 Å². The zero-order valence-corrected chi connectivity index (χ0v) is 15.0. The summed E-state index contributed by atoms with van der Waals surface area (Å²) < 4.78 is 5.27. The van der Waals surface area contributed by atoms with E-state index < -0.39 is 5.60 Å². The number of ether oxygens (including phenoxy) is 1. The van der Waals surface area contributed by atoms with Gasteiger partial charge in [-0.1, -0.05) is 23.7 Å². The van der Waals surface area contributed by atoms with Crippen molar-refractivity contribution in [3.8, 4) is 0 Å². The number of rotatable bonds is 4. The lowest BCUT2D eigenvalue weighted by Gasteiger charge is -2.32. The molecule has 0 unspecified atom stereocenters. The number of hydrogen-bond donors (Lipinski definition) is 1. The van der Waals surface area contributed by atoms with E-state index >= 15 is 0 Å². The van der Waals surface area contributed by atoms with Crippen molar-refractivity contribution in [1.29, 1.82) is 0 Å². The lowest BCUT2D eigenvalue weighted by molar-refractivity contribution is 0.0509. The summed E-state index contributed by atoms with van der Waals surface area (Å²) in [6.07, 6.45) is 1.88. The van der Waals surface area contributed by atoms with Crippen LogP contribution in [-0.2, 0) is 11.3 Å². The normalized spacial score (nSPS) is 17.0. The maximum absolute atomic E-state index is 11.7. The minimum atomic E-state index is -0.438. The number of carbonyl (C=O) groups excluding carboxylic acids is 1. The number of halogens is 1. The van der Waals surface area contributed by atoms with E-state index in [1.165, 1.54) is 5.56 Å². The largest absolute Gasteiger partial charge is 0.444 e. The van der Waals surface area contributed by atoms with Crippen molar-refractivity contribution in [3.63, 3.8) is 0 Å². The maximum Gasteiger partial charge on any atom is 0.407 e. The summed E-state index contributed by atoms with van der Waals surface area (Å²) in [4.78, 5) is 14.1. The van der Waals surface area contributed by atoms with E-state index in [0.29, 0.717) is 12.5 Å². The monoisotopic (exact) mass is 338 g/mol. The van der Waals surface area contributed by atoms with E-state index in [4.69, 9.17) is 16.3 Å². The molecule has 1 aromatic rings. The molecular weight excluding hydrogens is 312 g/mol. The highest BCUT2D eigenvalue weighted by Crippen LogP contribution is 2.19. The predicted octanol–water partition coefficient (Wildman–Crippen LogP) is 4.08. The quantitative estimate of drug-likeness (QED) is 0.899. The molecular formula is C18H27ClN2O2. The molecule has 1 heterocycles. The second-order valence-electron chi connectivity index (χ2n) is 7.23. The van der Waals surface area contributed by atoms with Crippen LogP contribution in [0.4, 0.5) is 4.79 Å². The molecule has 1 saturated heterocycles. The number of amides is 1. The summed E-state index contributed by atoms with van der Waals surface area (Å²) in [5, 5.41) is 3.66. The molecule has 5 heteroatoms. The highest BCUT2D eigenvalue weighted by molar-refractivity contribution is 6.30. The molecule has 128 valence electrons. The number of hydrogen-bond acceptors (Lipinski definition) is 3. The minimum Gasteiger partial charge on any atom is -0.444 e. The Balaban J connectivity index is 1.67. The minimum absolute atomic E-state index is 0.318. The third kappa shape index (κ3) is 6.80. The van der Waals surface area contributed by atoms with Gasteiger partial charge in [0.1, 0.15) is 5.60 Å². The first-order valence-electron chi connectivity index (χ1n) is 8.25. The van der Waals surface area contributed by atoms with E-state index in [-0.39, 0.29) is 6.09 Å². The van der Waals surface area contributed by atoms with Gasteiger partial charge in [-0.3, -0.25) is 4.90 Å². The van der Waals surface area contributed by atoms with Crippen LogP contribution in [0.15, 0.2) is 24.3 Å². The molecule has 0 bridgehead atoms. The molecule has 0 radical (unpaired) electrons. The van der Waals surface area contributed by atoms with Gasteiger partial charge in [0, 0.05) is 18.1 Å². The van der Waals surface area contributed by atoms with E-state index in [0.717, 1.165) is 37.5 Å². The highest BCUT2D eigenvalue weighted by atomic mass is 35.5. The van der Waals surface area contributed by atoms with Crippen molar-refractivity contribution in [1.82, 2.24) is 10.2 Å². The number of alkyl carbamates (subject to hydrolysis) is 1. The molecule has 0 atom stereocenters. The van der Waals surface area contributed by atoms with Gasteiger partial charge in [-0.05, 0) is 70.3 Å². The Morgan fingerprint density at radius 1 is 1.26 bits per heavy atom. The lowest BCUT2D eigenvalue weighted by atomic mass is 9.96. The lowest BCUT2D eigenvalue weighted by Crippen LogP contribution is -2.40. The Morgan fingerprint density at radius 3 is 2.43 bits per heavy atom. The Morgan fingerprint density at radius 2 is 1.87 bits per heavy atom. The molecule has 0 aliphatic carbocycles. The van der Waals surface area contributed by atoms with Crippen LogP contribution in [-0.4, -0.2) is 36.2 Å². The zero-order valence-electron chi connectivity index (χ0n) is 14.3. The number of nitrogens with one attached hydrogen (secondary N) is 1. The molecule has 2 rings (SSSR count). The van der Waals surface area contributed by atoms with E-state index in [9.17, 15) is 4.79 Å². The zero-order chi connectivity index (χ0) is 16.9. The summed E-state index contributed by atoms with van der Waals surface area (Å²) in [6.45, 7) is 9.41. The summed E-state index contributed by atoms with van der Waals surface area (Å²) in [5.41, 5.74) is 0.853. The van der Waals surface area contributed by atoms with Gasteiger partial charge >= 0.3 is 6.09 Å². The summed E-state index contributed by atoms with van der Waals surface area (Å²) in [7, 11) is 0. The molecule has 1 amide bonds. The second kappa shape index (κ2) is 8.02. The fourth-order valence-corrected chi connectivity index (χ4v) is 2.86. The first kappa shape index (κ1) is 18.1. The Hall–Kier alpha value is -1.26. The van der Waals surface area contributed by atoms with Crippen molar-refractivity contribution < 1.29 is 9.53 Å². The van der Waals surface area contributed by atoms with Gasteiger partial charge in [-0.25, -0.2) is 4.79 Å². The standard InChI is InChI=1S/C18H27ClN2O2/c1-18(2,3)23-17(22)20-12-14-8-10-21(11-9-14)13-15-4-6-16(19)7-5-15/h4-7,14H,8-13H2,1-3H3,(H,20,22). The molecule has 0 spiro atoms. The Labute approximate surface area is 144 Å². The van der Waals surface area contributed by atoms with Gasteiger partial charge in [0.25, 0.3) is 0 Å². The van der Waals surface area contributed by atoms with Crippen molar-refractivity contribution >= 4 is 17.7 Å². The van der Waals surface area contributed by atoms with Crippen LogP contribution in [0.25, 0.3) is 0 Å². The van der Waals surface area contributed by atoms with E-state index in [2.05, 4.69) is 22.3 Å². The highest BCUT2D eigenvalue weighted by Gasteiger charge is 2.21. The maximum atomic E-state index is 11.7. The van der Waals surface area contributed by atoms with Crippen molar-refractivity contribution in [2.75, 3.05) is 19.6 Å². The van der Waals surface area contributed by atoms with Crippen molar-refractivity contribution in [2.24, 2.45) is 5.92 Å². The van der Waals surface area contributed by atoms with Gasteiger partial charge in [0.05, 0.1) is 0 Å². The van der Waals surface area contributed by atoms with Crippen molar-refractivity contribution in [2.45, 2.75) is 45.8 Å². The average Bonchev–Trinajstić information content (AvgIpc) is 2.47. The third-order valence-corrected chi connectivity index (χ3v) is 4.21. The molecule has 0 aromatic heterocycles. The van der Waals surface area contributed by atoms with Gasteiger partial charge in [0.15, 0.2) is 0 Å². The molecule has 1 aliphatic rings. The van der Waals surface area contributed by atoms with Gasteiger partial charge in [-0.15, -0.1) is 0 Å². The smallest absolute Gasteiger partial charge is 0.407 e. The number of nitrogens with zero attached hydrogens (tertiary/aromatic N) is 1. The fraction of sp³-hybridized carbons (Fsp3) is 0.611. The van der Waals surface area contributed by atoms with Crippen LogP contribution >= 0.6 is 11.6 Å². The molecule has 1 fully saturated rings. The number of benzene rings is 1. The van der Waals surface area contributed by atoms with E-state index in [1.807, 2.05) is 32.9 Å². The van der Waals surface area contributed by atoms with Gasteiger partial charge < -0.3 is 10.1 Å². The van der Waals surface area contributed by atoms with Crippen LogP contribution < -0.4 is 5.32 Å². The number of piperidine rings is 1. The average molecular weight is 339 g/mol.